The zero-order valence-corrected chi connectivity index (χ0v) is 23.9. The lowest BCUT2D eigenvalue weighted by Gasteiger charge is -2.32. The molecule has 4 rings (SSSR count). The Bertz CT molecular complexity index is 1180. The molecule has 1 atom stereocenters. The van der Waals surface area contributed by atoms with E-state index in [2.05, 4.69) is 37.4 Å². The predicted octanol–water partition coefficient (Wildman–Crippen LogP) is 4.79. The minimum Gasteiger partial charge on any atom is -0.400 e. The van der Waals surface area contributed by atoms with Crippen molar-refractivity contribution in [3.8, 4) is 0 Å². The maximum atomic E-state index is 13.6. The Balaban J connectivity index is 1.66. The van der Waals surface area contributed by atoms with E-state index in [-0.39, 0.29) is 5.92 Å². The molecule has 0 spiro atoms. The van der Waals surface area contributed by atoms with Crippen LogP contribution in [0.15, 0.2) is 71.0 Å². The molecule has 35 heavy (non-hydrogen) atoms. The minimum absolute atomic E-state index is 0.121. The molecule has 8 heteroatoms. The van der Waals surface area contributed by atoms with Gasteiger partial charge in [0.1, 0.15) is 0 Å². The van der Waals surface area contributed by atoms with E-state index in [0.717, 1.165) is 17.2 Å². The van der Waals surface area contributed by atoms with Crippen molar-refractivity contribution in [3.05, 3.63) is 71.7 Å². The summed E-state index contributed by atoms with van der Waals surface area (Å²) in [5, 5.41) is 1.38. The van der Waals surface area contributed by atoms with Crippen molar-refractivity contribution in [1.29, 1.82) is 0 Å². The summed E-state index contributed by atoms with van der Waals surface area (Å²) < 4.78 is 41.3. The first-order chi connectivity index (χ1) is 16.2. The van der Waals surface area contributed by atoms with Gasteiger partial charge in [-0.05, 0) is 58.7 Å². The van der Waals surface area contributed by atoms with Gasteiger partial charge < -0.3 is 9.31 Å². The lowest BCUT2D eigenvalue weighted by molar-refractivity contribution is 0.00578. The van der Waals surface area contributed by atoms with Crippen LogP contribution in [0.1, 0.15) is 33.3 Å². The summed E-state index contributed by atoms with van der Waals surface area (Å²) in [6.07, 6.45) is 0. The van der Waals surface area contributed by atoms with E-state index in [9.17, 15) is 8.42 Å². The molecule has 2 aromatic carbocycles. The zero-order chi connectivity index (χ0) is 25.6. The molecular weight excluding hydrogens is 473 g/mol. The molecule has 0 aliphatic carbocycles. The normalized spacial score (nSPS) is 23.8. The summed E-state index contributed by atoms with van der Waals surface area (Å²) in [4.78, 5) is 0.346. The fourth-order valence-corrected chi connectivity index (χ4v) is 9.37. The number of nitrogens with zero attached hydrogens (tertiary/aromatic N) is 1. The van der Waals surface area contributed by atoms with Crippen molar-refractivity contribution >= 4 is 30.4 Å². The molecule has 0 aromatic heterocycles. The highest BCUT2D eigenvalue weighted by molar-refractivity contribution is 7.89. The number of rotatable bonds is 6. The van der Waals surface area contributed by atoms with Gasteiger partial charge in [0.15, 0.2) is 0 Å². The molecular formula is C27H38BNO4SSi. The first-order valence-electron chi connectivity index (χ1n) is 12.4. The molecule has 5 nitrogen and oxygen atoms in total. The van der Waals surface area contributed by atoms with Gasteiger partial charge in [-0.1, -0.05) is 77.9 Å². The average molecular weight is 512 g/mol. The number of hydrogen-bond acceptors (Lipinski definition) is 4. The van der Waals surface area contributed by atoms with Crippen LogP contribution in [0, 0.1) is 12.8 Å². The van der Waals surface area contributed by atoms with Gasteiger partial charge in [-0.25, -0.2) is 8.42 Å². The van der Waals surface area contributed by atoms with Crippen LogP contribution >= 0.6 is 0 Å². The van der Waals surface area contributed by atoms with Crippen LogP contribution < -0.4 is 5.19 Å². The summed E-state index contributed by atoms with van der Waals surface area (Å²) in [5.74, 6) is 2.16. The Morgan fingerprint density at radius 3 is 2.14 bits per heavy atom. The molecule has 2 fully saturated rings. The molecule has 0 bridgehead atoms. The third kappa shape index (κ3) is 5.37. The molecule has 0 N–H and O–H groups in total. The van der Waals surface area contributed by atoms with Crippen LogP contribution in [-0.4, -0.2) is 52.2 Å². The maximum absolute atomic E-state index is 13.6. The van der Waals surface area contributed by atoms with Gasteiger partial charge in [-0.3, -0.25) is 0 Å². The van der Waals surface area contributed by atoms with Crippen molar-refractivity contribution in [3.63, 3.8) is 0 Å². The van der Waals surface area contributed by atoms with Gasteiger partial charge in [0.2, 0.25) is 10.0 Å². The third-order valence-corrected chi connectivity index (χ3v) is 13.1. The Morgan fingerprint density at radius 1 is 1.00 bits per heavy atom. The second-order valence-corrected chi connectivity index (χ2v) is 18.3. The van der Waals surface area contributed by atoms with E-state index in [1.54, 1.807) is 16.4 Å². The van der Waals surface area contributed by atoms with Crippen molar-refractivity contribution in [2.45, 2.75) is 69.9 Å². The molecule has 2 aromatic rings. The van der Waals surface area contributed by atoms with Gasteiger partial charge in [-0.2, -0.15) is 4.31 Å². The number of sulfonamides is 1. The highest BCUT2D eigenvalue weighted by Gasteiger charge is 2.51. The number of hydrogen-bond donors (Lipinski definition) is 0. The molecule has 188 valence electrons. The van der Waals surface area contributed by atoms with Crippen molar-refractivity contribution in [1.82, 2.24) is 4.31 Å². The molecule has 0 amide bonds. The summed E-state index contributed by atoms with van der Waals surface area (Å²) in [5.41, 5.74) is 1.26. The second kappa shape index (κ2) is 9.31. The summed E-state index contributed by atoms with van der Waals surface area (Å²) >= 11 is 0. The second-order valence-electron chi connectivity index (χ2n) is 11.6. The minimum atomic E-state index is -3.59. The predicted molar refractivity (Wildman–Crippen MR) is 146 cm³/mol. The van der Waals surface area contributed by atoms with Gasteiger partial charge in [-0.15, -0.1) is 0 Å². The Morgan fingerprint density at radius 2 is 1.57 bits per heavy atom. The van der Waals surface area contributed by atoms with Crippen LogP contribution in [0.4, 0.5) is 0 Å². The molecule has 1 unspecified atom stereocenters. The molecule has 2 saturated heterocycles. The summed E-state index contributed by atoms with van der Waals surface area (Å²) in [6.45, 7) is 15.7. The highest BCUT2D eigenvalue weighted by Crippen LogP contribution is 2.39. The van der Waals surface area contributed by atoms with Crippen molar-refractivity contribution in [2.24, 2.45) is 5.92 Å². The largest absolute Gasteiger partial charge is 0.487 e. The van der Waals surface area contributed by atoms with Crippen LogP contribution in [0.2, 0.25) is 19.1 Å². The highest BCUT2D eigenvalue weighted by atomic mass is 32.2. The van der Waals surface area contributed by atoms with E-state index in [1.165, 1.54) is 5.19 Å². The SMILES string of the molecule is Cc1ccc(S(=O)(=O)N2C/C(=C\B3OC(C)(C)C(C)(C)O3)C(C[Si](C)(C)c3ccccc3)C2)cc1. The van der Waals surface area contributed by atoms with Gasteiger partial charge >= 0.3 is 7.12 Å². The topological polar surface area (TPSA) is 55.8 Å². The Hall–Kier alpha value is -1.71. The van der Waals surface area contributed by atoms with E-state index in [1.807, 2.05) is 58.8 Å². The van der Waals surface area contributed by atoms with Crippen LogP contribution in [-0.2, 0) is 19.3 Å². The van der Waals surface area contributed by atoms with E-state index in [4.69, 9.17) is 9.31 Å². The smallest absolute Gasteiger partial charge is 0.400 e. The first-order valence-corrected chi connectivity index (χ1v) is 17.0. The lowest BCUT2D eigenvalue weighted by Crippen LogP contribution is -2.43. The van der Waals surface area contributed by atoms with E-state index < -0.39 is 36.4 Å². The van der Waals surface area contributed by atoms with Crippen LogP contribution in [0.25, 0.3) is 0 Å². The summed E-state index contributed by atoms with van der Waals surface area (Å²) in [7, 11) is -5.90. The van der Waals surface area contributed by atoms with Crippen LogP contribution in [0.5, 0.6) is 0 Å². The van der Waals surface area contributed by atoms with Gasteiger partial charge in [0.05, 0.1) is 24.2 Å². The Kier molecular flexibility index (Phi) is 7.01. The van der Waals surface area contributed by atoms with Crippen molar-refractivity contribution in [2.75, 3.05) is 13.1 Å². The van der Waals surface area contributed by atoms with Crippen molar-refractivity contribution < 1.29 is 17.7 Å². The van der Waals surface area contributed by atoms with E-state index in [0.29, 0.717) is 18.0 Å². The first kappa shape index (κ1) is 26.4. The van der Waals surface area contributed by atoms with Gasteiger partial charge in [0.25, 0.3) is 0 Å². The van der Waals surface area contributed by atoms with Gasteiger partial charge in [0, 0.05) is 13.1 Å². The monoisotopic (exact) mass is 511 g/mol. The number of benzene rings is 2. The average Bonchev–Trinajstić information content (AvgIpc) is 3.25. The molecule has 2 heterocycles. The maximum Gasteiger partial charge on any atom is 0.487 e. The molecule has 0 radical (unpaired) electrons. The zero-order valence-electron chi connectivity index (χ0n) is 22.0. The fourth-order valence-electron chi connectivity index (χ4n) is 4.94. The summed E-state index contributed by atoms with van der Waals surface area (Å²) in [6, 6.07) is 18.7. The molecule has 2 aliphatic rings. The molecule has 2 aliphatic heterocycles. The standard InChI is InChI=1S/C27H38BNO4SSi/c1-21-13-15-24(16-14-21)34(30,31)29-18-22(17-28-32-26(2,3)27(4,5)33-28)23(19-29)20-35(6,7)25-11-9-8-10-12-25/h8-17,23H,18-20H2,1-7H3/b22-17+. The third-order valence-electron chi connectivity index (χ3n) is 7.90. The molecule has 0 saturated carbocycles. The fraction of sp³-hybridized carbons (Fsp3) is 0.481. The van der Waals surface area contributed by atoms with E-state index >= 15 is 0 Å². The lowest BCUT2D eigenvalue weighted by atomic mass is 9.84. The Labute approximate surface area is 212 Å². The number of aryl methyl sites for hydroxylation is 1. The quantitative estimate of drug-likeness (QED) is 0.524. The van der Waals surface area contributed by atoms with Crippen LogP contribution in [0.3, 0.4) is 0 Å².